The van der Waals surface area contributed by atoms with Crippen molar-refractivity contribution in [2.24, 2.45) is 11.8 Å². The highest BCUT2D eigenvalue weighted by Gasteiger charge is 2.27. The van der Waals surface area contributed by atoms with Gasteiger partial charge in [0.25, 0.3) is 0 Å². The van der Waals surface area contributed by atoms with Crippen molar-refractivity contribution < 1.29 is 9.59 Å². The predicted octanol–water partition coefficient (Wildman–Crippen LogP) is 1.32. The van der Waals surface area contributed by atoms with Crippen molar-refractivity contribution >= 4 is 12.2 Å². The first-order valence-electron chi connectivity index (χ1n) is 4.62. The lowest BCUT2D eigenvalue weighted by Crippen LogP contribution is -2.43. The zero-order valence-corrected chi connectivity index (χ0v) is 9.07. The Kier molecular flexibility index (Phi) is 4.67. The Bertz CT molecular complexity index is 187. The van der Waals surface area contributed by atoms with Crippen LogP contribution >= 0.6 is 0 Å². The molecule has 0 spiro atoms. The van der Waals surface area contributed by atoms with Crippen LogP contribution in [0.2, 0.25) is 0 Å². The molecule has 0 heterocycles. The lowest BCUT2D eigenvalue weighted by Gasteiger charge is -2.28. The second-order valence-electron chi connectivity index (χ2n) is 4.02. The molecule has 1 amide bonds. The summed E-state index contributed by atoms with van der Waals surface area (Å²) in [6.45, 7) is 7.61. The van der Waals surface area contributed by atoms with Gasteiger partial charge in [-0.15, -0.1) is 0 Å². The topological polar surface area (TPSA) is 37.4 Å². The molecule has 0 rings (SSSR count). The zero-order valence-electron chi connectivity index (χ0n) is 9.07. The fraction of sp³-hybridized carbons (Fsp3) is 0.800. The van der Waals surface area contributed by atoms with E-state index in [0.29, 0.717) is 6.41 Å². The summed E-state index contributed by atoms with van der Waals surface area (Å²) in [5.41, 5.74) is 0. The van der Waals surface area contributed by atoms with Crippen molar-refractivity contribution in [1.82, 2.24) is 4.90 Å². The van der Waals surface area contributed by atoms with Crippen molar-refractivity contribution in [2.45, 2.75) is 33.7 Å². The van der Waals surface area contributed by atoms with E-state index in [4.69, 9.17) is 0 Å². The van der Waals surface area contributed by atoms with Crippen LogP contribution < -0.4 is 0 Å². The molecule has 0 aromatic carbocycles. The number of likely N-dealkylation sites (N-methyl/N-ethyl adjacent to an activating group) is 1. The summed E-state index contributed by atoms with van der Waals surface area (Å²) in [5, 5.41) is 0. The Morgan fingerprint density at radius 2 is 1.69 bits per heavy atom. The number of rotatable bonds is 5. The molecule has 0 fully saturated rings. The number of ketones is 1. The molecule has 76 valence electrons. The SMILES string of the molecule is CC(C)C(=O)[C@H](C(C)C)N(C)C=O. The summed E-state index contributed by atoms with van der Waals surface area (Å²) in [5.74, 6) is 0.282. The summed E-state index contributed by atoms with van der Waals surface area (Å²) in [6.07, 6.45) is 0.713. The van der Waals surface area contributed by atoms with Gasteiger partial charge >= 0.3 is 0 Å². The molecule has 0 saturated carbocycles. The fourth-order valence-electron chi connectivity index (χ4n) is 1.41. The second kappa shape index (κ2) is 5.00. The van der Waals surface area contributed by atoms with E-state index in [1.165, 1.54) is 4.90 Å². The standard InChI is InChI=1S/C10H19NO2/c1-7(2)9(11(5)6-12)10(13)8(3)4/h6-9H,1-5H3/t9-/m0/s1. The summed E-state index contributed by atoms with van der Waals surface area (Å²) in [4.78, 5) is 23.7. The Hall–Kier alpha value is -0.860. The Labute approximate surface area is 80.1 Å². The van der Waals surface area contributed by atoms with Gasteiger partial charge in [-0.05, 0) is 5.92 Å². The third-order valence-corrected chi connectivity index (χ3v) is 2.10. The van der Waals surface area contributed by atoms with E-state index in [1.54, 1.807) is 7.05 Å². The van der Waals surface area contributed by atoms with E-state index in [1.807, 2.05) is 27.7 Å². The first-order valence-corrected chi connectivity index (χ1v) is 4.62. The molecule has 0 aliphatic carbocycles. The van der Waals surface area contributed by atoms with Gasteiger partial charge in [-0.2, -0.15) is 0 Å². The van der Waals surface area contributed by atoms with E-state index in [2.05, 4.69) is 0 Å². The molecule has 1 atom stereocenters. The van der Waals surface area contributed by atoms with Gasteiger partial charge in [0.2, 0.25) is 6.41 Å². The van der Waals surface area contributed by atoms with Crippen LogP contribution in [0, 0.1) is 11.8 Å². The van der Waals surface area contributed by atoms with Crippen LogP contribution in [0.3, 0.4) is 0 Å². The largest absolute Gasteiger partial charge is 0.338 e. The van der Waals surface area contributed by atoms with Crippen LogP contribution in [-0.2, 0) is 9.59 Å². The lowest BCUT2D eigenvalue weighted by molar-refractivity contribution is -0.134. The number of amides is 1. The van der Waals surface area contributed by atoms with Crippen LogP contribution in [0.15, 0.2) is 0 Å². The van der Waals surface area contributed by atoms with Gasteiger partial charge in [0.1, 0.15) is 0 Å². The highest BCUT2D eigenvalue weighted by atomic mass is 16.1. The van der Waals surface area contributed by atoms with E-state index in [9.17, 15) is 9.59 Å². The molecule has 0 aliphatic heterocycles. The first kappa shape index (κ1) is 12.1. The molecule has 0 saturated heterocycles. The summed E-state index contributed by atoms with van der Waals surface area (Å²) in [7, 11) is 1.65. The molecule has 3 nitrogen and oxygen atoms in total. The van der Waals surface area contributed by atoms with Crippen LogP contribution in [0.1, 0.15) is 27.7 Å². The molecule has 0 bridgehead atoms. The molecule has 0 aliphatic rings. The minimum atomic E-state index is -0.280. The zero-order chi connectivity index (χ0) is 10.6. The maximum Gasteiger partial charge on any atom is 0.210 e. The number of carbonyl (C=O) groups excluding carboxylic acids is 2. The highest BCUT2D eigenvalue weighted by molar-refractivity contribution is 5.87. The average molecular weight is 185 g/mol. The molecule has 0 aromatic rings. The van der Waals surface area contributed by atoms with Crippen molar-refractivity contribution in [1.29, 1.82) is 0 Å². The van der Waals surface area contributed by atoms with Crippen LogP contribution in [0.4, 0.5) is 0 Å². The van der Waals surface area contributed by atoms with Gasteiger partial charge in [0.05, 0.1) is 6.04 Å². The maximum atomic E-state index is 11.7. The number of carbonyl (C=O) groups is 2. The second-order valence-corrected chi connectivity index (χ2v) is 4.02. The molecular formula is C10H19NO2. The average Bonchev–Trinajstić information content (AvgIpc) is 2.03. The van der Waals surface area contributed by atoms with E-state index < -0.39 is 0 Å². The summed E-state index contributed by atoms with van der Waals surface area (Å²) < 4.78 is 0. The monoisotopic (exact) mass is 185 g/mol. The quantitative estimate of drug-likeness (QED) is 0.606. The number of hydrogen-bond donors (Lipinski definition) is 0. The van der Waals surface area contributed by atoms with Gasteiger partial charge in [-0.25, -0.2) is 0 Å². The molecular weight excluding hydrogens is 166 g/mol. The lowest BCUT2D eigenvalue weighted by atomic mass is 9.92. The maximum absolute atomic E-state index is 11.7. The third kappa shape index (κ3) is 3.17. The number of Topliss-reactive ketones (excluding diaryl/α,β-unsaturated/α-hetero) is 1. The molecule has 3 heteroatoms. The van der Waals surface area contributed by atoms with Gasteiger partial charge < -0.3 is 4.90 Å². The van der Waals surface area contributed by atoms with Crippen LogP contribution in [-0.4, -0.2) is 30.2 Å². The van der Waals surface area contributed by atoms with E-state index in [0.717, 1.165) is 0 Å². The van der Waals surface area contributed by atoms with Crippen LogP contribution in [0.5, 0.6) is 0 Å². The predicted molar refractivity (Wildman–Crippen MR) is 52.3 cm³/mol. The minimum Gasteiger partial charge on any atom is -0.338 e. The number of hydrogen-bond acceptors (Lipinski definition) is 2. The minimum absolute atomic E-state index is 0.0187. The normalized spacial score (nSPS) is 13.2. The number of nitrogens with zero attached hydrogens (tertiary/aromatic N) is 1. The highest BCUT2D eigenvalue weighted by Crippen LogP contribution is 2.13. The van der Waals surface area contributed by atoms with Crippen molar-refractivity contribution in [3.05, 3.63) is 0 Å². The van der Waals surface area contributed by atoms with E-state index in [-0.39, 0.29) is 23.7 Å². The van der Waals surface area contributed by atoms with Crippen LogP contribution in [0.25, 0.3) is 0 Å². The fourth-order valence-corrected chi connectivity index (χ4v) is 1.41. The Balaban J connectivity index is 4.60. The van der Waals surface area contributed by atoms with Crippen molar-refractivity contribution in [3.8, 4) is 0 Å². The summed E-state index contributed by atoms with van der Waals surface area (Å²) in [6, 6.07) is -0.280. The Morgan fingerprint density at radius 3 is 1.92 bits per heavy atom. The van der Waals surface area contributed by atoms with Gasteiger partial charge in [-0.1, -0.05) is 27.7 Å². The smallest absolute Gasteiger partial charge is 0.210 e. The van der Waals surface area contributed by atoms with Crippen molar-refractivity contribution in [3.63, 3.8) is 0 Å². The van der Waals surface area contributed by atoms with Gasteiger partial charge in [0.15, 0.2) is 5.78 Å². The van der Waals surface area contributed by atoms with E-state index >= 15 is 0 Å². The molecule has 13 heavy (non-hydrogen) atoms. The molecule has 0 N–H and O–H groups in total. The molecule has 0 unspecified atom stereocenters. The molecule has 0 aromatic heterocycles. The Morgan fingerprint density at radius 1 is 1.23 bits per heavy atom. The van der Waals surface area contributed by atoms with Gasteiger partial charge in [-0.3, -0.25) is 9.59 Å². The van der Waals surface area contributed by atoms with Crippen molar-refractivity contribution in [2.75, 3.05) is 7.05 Å². The third-order valence-electron chi connectivity index (χ3n) is 2.10. The summed E-state index contributed by atoms with van der Waals surface area (Å²) >= 11 is 0. The van der Waals surface area contributed by atoms with Gasteiger partial charge in [0, 0.05) is 13.0 Å². The molecule has 0 radical (unpaired) electrons. The first-order chi connectivity index (χ1) is 5.91.